The van der Waals surface area contributed by atoms with Crippen LogP contribution in [0.1, 0.15) is 11.6 Å². The Morgan fingerprint density at radius 1 is 1.27 bits per heavy atom. The number of esters is 1. The normalized spacial score (nSPS) is 23.3. The van der Waals surface area contributed by atoms with E-state index in [1.807, 2.05) is 24.3 Å². The number of hydrogen-bond acceptors (Lipinski definition) is 4. The number of ether oxygens (including phenoxy) is 2. The number of methoxy groups -OCH3 is 2. The van der Waals surface area contributed by atoms with Crippen molar-refractivity contribution in [1.82, 2.24) is 5.32 Å². The van der Waals surface area contributed by atoms with Crippen molar-refractivity contribution >= 4 is 5.97 Å². The molecule has 1 aromatic carbocycles. The van der Waals surface area contributed by atoms with E-state index >= 15 is 0 Å². The van der Waals surface area contributed by atoms with Crippen LogP contribution >= 0.6 is 0 Å². The monoisotopic (exact) mass is 207 g/mol. The van der Waals surface area contributed by atoms with Gasteiger partial charge in [-0.2, -0.15) is 0 Å². The molecule has 1 saturated heterocycles. The SMILES string of the molecule is COC(=O)[C@H]1N[C@@H]1c1ccc(OC)cc1. The molecule has 0 aliphatic carbocycles. The summed E-state index contributed by atoms with van der Waals surface area (Å²) in [4.78, 5) is 11.2. The van der Waals surface area contributed by atoms with Crippen molar-refractivity contribution in [1.29, 1.82) is 0 Å². The second-order valence-corrected chi connectivity index (χ2v) is 3.42. The first-order chi connectivity index (χ1) is 7.26. The predicted molar refractivity (Wildman–Crippen MR) is 54.7 cm³/mol. The van der Waals surface area contributed by atoms with E-state index < -0.39 is 0 Å². The van der Waals surface area contributed by atoms with Gasteiger partial charge in [0.15, 0.2) is 0 Å². The van der Waals surface area contributed by atoms with Crippen molar-refractivity contribution in [3.8, 4) is 5.75 Å². The van der Waals surface area contributed by atoms with Gasteiger partial charge in [0.2, 0.25) is 0 Å². The summed E-state index contributed by atoms with van der Waals surface area (Å²) in [5.41, 5.74) is 1.08. The standard InChI is InChI=1S/C11H13NO3/c1-14-8-5-3-7(4-6-8)9-10(12-9)11(13)15-2/h3-6,9-10,12H,1-2H3/t9-,10+/m1/s1. The van der Waals surface area contributed by atoms with E-state index in [1.165, 1.54) is 7.11 Å². The fourth-order valence-electron chi connectivity index (χ4n) is 1.57. The summed E-state index contributed by atoms with van der Waals surface area (Å²) in [5.74, 6) is 0.602. The summed E-state index contributed by atoms with van der Waals surface area (Å²) >= 11 is 0. The summed E-state index contributed by atoms with van der Waals surface area (Å²) in [6, 6.07) is 7.54. The molecule has 1 aliphatic heterocycles. The molecule has 1 heterocycles. The number of hydrogen-bond donors (Lipinski definition) is 1. The van der Waals surface area contributed by atoms with Gasteiger partial charge in [-0.05, 0) is 17.7 Å². The van der Waals surface area contributed by atoms with E-state index in [0.29, 0.717) is 0 Å². The van der Waals surface area contributed by atoms with Crippen molar-refractivity contribution in [3.63, 3.8) is 0 Å². The molecule has 2 atom stereocenters. The van der Waals surface area contributed by atoms with Gasteiger partial charge in [-0.15, -0.1) is 0 Å². The maximum Gasteiger partial charge on any atom is 0.324 e. The quantitative estimate of drug-likeness (QED) is 0.590. The fraction of sp³-hybridized carbons (Fsp3) is 0.364. The third kappa shape index (κ3) is 1.94. The Balaban J connectivity index is 2.04. The smallest absolute Gasteiger partial charge is 0.324 e. The molecule has 0 amide bonds. The van der Waals surface area contributed by atoms with Gasteiger partial charge in [-0.1, -0.05) is 12.1 Å². The molecule has 0 radical (unpaired) electrons. The Morgan fingerprint density at radius 3 is 2.47 bits per heavy atom. The number of benzene rings is 1. The van der Waals surface area contributed by atoms with Gasteiger partial charge in [0.25, 0.3) is 0 Å². The highest BCUT2D eigenvalue weighted by molar-refractivity contribution is 5.80. The Hall–Kier alpha value is -1.55. The fourth-order valence-corrected chi connectivity index (χ4v) is 1.57. The van der Waals surface area contributed by atoms with Crippen LogP contribution in [-0.2, 0) is 9.53 Å². The van der Waals surface area contributed by atoms with E-state index in [2.05, 4.69) is 10.1 Å². The summed E-state index contributed by atoms with van der Waals surface area (Å²) in [6.45, 7) is 0. The van der Waals surface area contributed by atoms with Crippen molar-refractivity contribution in [3.05, 3.63) is 29.8 Å². The molecule has 2 rings (SSSR count). The summed E-state index contributed by atoms with van der Waals surface area (Å²) in [7, 11) is 3.02. The minimum Gasteiger partial charge on any atom is -0.497 e. The molecule has 1 N–H and O–H groups in total. The van der Waals surface area contributed by atoms with Crippen molar-refractivity contribution in [2.45, 2.75) is 12.1 Å². The molecular formula is C11H13NO3. The molecule has 0 aromatic heterocycles. The van der Waals surface area contributed by atoms with Crippen LogP contribution in [-0.4, -0.2) is 26.2 Å². The van der Waals surface area contributed by atoms with Crippen LogP contribution in [0.2, 0.25) is 0 Å². The zero-order valence-electron chi connectivity index (χ0n) is 8.69. The van der Waals surface area contributed by atoms with Crippen LogP contribution < -0.4 is 10.1 Å². The van der Waals surface area contributed by atoms with E-state index in [0.717, 1.165) is 11.3 Å². The van der Waals surface area contributed by atoms with Crippen LogP contribution in [0.4, 0.5) is 0 Å². The van der Waals surface area contributed by atoms with Gasteiger partial charge >= 0.3 is 5.97 Å². The van der Waals surface area contributed by atoms with E-state index in [9.17, 15) is 4.79 Å². The topological polar surface area (TPSA) is 57.5 Å². The van der Waals surface area contributed by atoms with Gasteiger partial charge < -0.3 is 9.47 Å². The first kappa shape index (κ1) is 9.98. The largest absolute Gasteiger partial charge is 0.497 e. The highest BCUT2D eigenvalue weighted by atomic mass is 16.5. The lowest BCUT2D eigenvalue weighted by Crippen LogP contribution is -2.11. The molecule has 4 heteroatoms. The molecule has 0 saturated carbocycles. The molecule has 0 bridgehead atoms. The number of nitrogens with one attached hydrogen (secondary N) is 1. The number of carbonyl (C=O) groups is 1. The van der Waals surface area contributed by atoms with Crippen molar-refractivity contribution in [2.75, 3.05) is 14.2 Å². The second kappa shape index (κ2) is 3.90. The predicted octanol–water partition coefficient (Wildman–Crippen LogP) is 0.881. The highest BCUT2D eigenvalue weighted by Crippen LogP contribution is 2.31. The van der Waals surface area contributed by atoms with Gasteiger partial charge in [-0.25, -0.2) is 0 Å². The van der Waals surface area contributed by atoms with Gasteiger partial charge in [0.1, 0.15) is 11.8 Å². The lowest BCUT2D eigenvalue weighted by molar-refractivity contribution is -0.140. The lowest BCUT2D eigenvalue weighted by atomic mass is 10.1. The molecule has 80 valence electrons. The van der Waals surface area contributed by atoms with Gasteiger partial charge in [-0.3, -0.25) is 10.1 Å². The van der Waals surface area contributed by atoms with Crippen molar-refractivity contribution in [2.24, 2.45) is 0 Å². The molecule has 1 aliphatic rings. The first-order valence-corrected chi connectivity index (χ1v) is 4.74. The minimum atomic E-state index is -0.212. The number of carbonyl (C=O) groups excluding carboxylic acids is 1. The first-order valence-electron chi connectivity index (χ1n) is 4.74. The van der Waals surface area contributed by atoms with Crippen molar-refractivity contribution < 1.29 is 14.3 Å². The maximum atomic E-state index is 11.2. The molecule has 1 aromatic rings. The van der Waals surface area contributed by atoms with E-state index in [4.69, 9.17) is 4.74 Å². The summed E-state index contributed by atoms with van der Waals surface area (Å²) in [6.07, 6.45) is 0. The molecule has 0 unspecified atom stereocenters. The lowest BCUT2D eigenvalue weighted by Gasteiger charge is -2.01. The average Bonchev–Trinajstić information content (AvgIpc) is 3.08. The van der Waals surface area contributed by atoms with Gasteiger partial charge in [0.05, 0.1) is 20.3 Å². The molecular weight excluding hydrogens is 194 g/mol. The average molecular weight is 207 g/mol. The highest BCUT2D eigenvalue weighted by Gasteiger charge is 2.44. The Labute approximate surface area is 88.2 Å². The van der Waals surface area contributed by atoms with Crippen LogP contribution in [0.15, 0.2) is 24.3 Å². The van der Waals surface area contributed by atoms with Crippen LogP contribution in [0.3, 0.4) is 0 Å². The van der Waals surface area contributed by atoms with Crippen LogP contribution in [0, 0.1) is 0 Å². The van der Waals surface area contributed by atoms with Gasteiger partial charge in [0, 0.05) is 0 Å². The Kier molecular flexibility index (Phi) is 2.60. The molecule has 15 heavy (non-hydrogen) atoms. The molecule has 4 nitrogen and oxygen atoms in total. The third-order valence-electron chi connectivity index (χ3n) is 2.51. The molecule has 1 fully saturated rings. The summed E-state index contributed by atoms with van der Waals surface area (Å²) in [5, 5.41) is 3.06. The minimum absolute atomic E-state index is 0.0864. The second-order valence-electron chi connectivity index (χ2n) is 3.42. The van der Waals surface area contributed by atoms with Crippen LogP contribution in [0.5, 0.6) is 5.75 Å². The van der Waals surface area contributed by atoms with E-state index in [-0.39, 0.29) is 18.1 Å². The third-order valence-corrected chi connectivity index (χ3v) is 2.51. The Morgan fingerprint density at radius 2 is 1.93 bits per heavy atom. The zero-order chi connectivity index (χ0) is 10.8. The Bertz CT molecular complexity index is 361. The van der Waals surface area contributed by atoms with E-state index in [1.54, 1.807) is 7.11 Å². The zero-order valence-corrected chi connectivity index (χ0v) is 8.69. The number of rotatable bonds is 3. The summed E-state index contributed by atoms with van der Waals surface area (Å²) < 4.78 is 9.70. The van der Waals surface area contributed by atoms with Crippen LogP contribution in [0.25, 0.3) is 0 Å². The molecule has 0 spiro atoms. The maximum absolute atomic E-state index is 11.2.